The maximum absolute atomic E-state index is 14.6. The molecule has 0 unspecified atom stereocenters. The number of aryl methyl sites for hydroxylation is 1. The maximum Gasteiger partial charge on any atom is 0.356 e. The number of thiazole rings is 1. The van der Waals surface area contributed by atoms with Gasteiger partial charge < -0.3 is 24.6 Å². The van der Waals surface area contributed by atoms with Crippen LogP contribution in [0.3, 0.4) is 0 Å². The van der Waals surface area contributed by atoms with Gasteiger partial charge in [-0.2, -0.15) is 0 Å². The Morgan fingerprint density at radius 1 is 0.818 bits per heavy atom. The second-order valence-electron chi connectivity index (χ2n) is 15.2. The lowest BCUT2D eigenvalue weighted by molar-refractivity contribution is -0.154. The van der Waals surface area contributed by atoms with Crippen molar-refractivity contribution in [2.45, 2.75) is 34.9 Å². The van der Waals surface area contributed by atoms with E-state index in [-0.39, 0.29) is 22.9 Å². The predicted molar refractivity (Wildman–Crippen MR) is 257 cm³/mol. The first kappa shape index (κ1) is 44.0. The molecule has 15 heteroatoms. The van der Waals surface area contributed by atoms with Crippen LogP contribution < -0.4 is 16.3 Å². The molecule has 2 amide bonds. The smallest absolute Gasteiger partial charge is 0.356 e. The van der Waals surface area contributed by atoms with Crippen LogP contribution in [0.5, 0.6) is 0 Å². The number of hydrogen-bond donors (Lipinski definition) is 2. The number of ether oxygens (including phenoxy) is 1. The van der Waals surface area contributed by atoms with Crippen molar-refractivity contribution in [3.63, 3.8) is 0 Å². The number of aromatic nitrogens is 1. The van der Waals surface area contributed by atoms with Crippen molar-refractivity contribution in [1.82, 2.24) is 15.2 Å². The van der Waals surface area contributed by atoms with E-state index in [9.17, 15) is 19.2 Å². The minimum absolute atomic E-state index is 0.0294. The van der Waals surface area contributed by atoms with Crippen LogP contribution in [-0.4, -0.2) is 57.7 Å². The highest BCUT2D eigenvalue weighted by molar-refractivity contribution is 8.06. The molecule has 7 aromatic rings. The third-order valence-electron chi connectivity index (χ3n) is 11.0. The first-order chi connectivity index (χ1) is 32.2. The summed E-state index contributed by atoms with van der Waals surface area (Å²) < 4.78 is 11.5. The molecule has 2 aliphatic heterocycles. The third kappa shape index (κ3) is 8.92. The number of β-lactam (4-membered cyclic amide) rings is 1. The number of oxime groups is 1. The summed E-state index contributed by atoms with van der Waals surface area (Å²) in [7, 11) is 1.33. The maximum atomic E-state index is 14.6. The van der Waals surface area contributed by atoms with E-state index in [1.54, 1.807) is 18.4 Å². The number of nitrogens with zero attached hydrogens (tertiary/aromatic N) is 3. The molecule has 12 nitrogen and oxygen atoms in total. The highest BCUT2D eigenvalue weighted by Crippen LogP contribution is 2.46. The van der Waals surface area contributed by atoms with Crippen LogP contribution in [0.25, 0.3) is 0 Å². The van der Waals surface area contributed by atoms with Crippen molar-refractivity contribution in [1.29, 1.82) is 0 Å². The Morgan fingerprint density at radius 2 is 1.36 bits per heavy atom. The Kier molecular flexibility index (Phi) is 13.0. The molecule has 4 heterocycles. The van der Waals surface area contributed by atoms with Crippen LogP contribution in [0.4, 0.5) is 5.13 Å². The van der Waals surface area contributed by atoms with E-state index in [1.165, 1.54) is 52.9 Å². The molecule has 2 aromatic heterocycles. The first-order valence-electron chi connectivity index (χ1n) is 20.8. The molecule has 2 atom stereocenters. The zero-order chi connectivity index (χ0) is 45.6. The van der Waals surface area contributed by atoms with E-state index in [0.717, 1.165) is 27.8 Å². The highest BCUT2D eigenvalue weighted by Gasteiger charge is 2.55. The SMILES string of the molecule is CO/N=C(\C(=O)N[C@@H]1C(=O)N2C(C(=O)OC(c3ccccc3)c3ccccc3)=C(Sc3cc(C)oc(=O)c3)CS[C@@H]12)c1csc(NC(c2ccccc2)(c2ccccc2)c2ccccc2)n1. The predicted octanol–water partition coefficient (Wildman–Crippen LogP) is 8.90. The van der Waals surface area contributed by atoms with Crippen molar-refractivity contribution >= 4 is 63.5 Å². The molecule has 0 saturated carbocycles. The van der Waals surface area contributed by atoms with Gasteiger partial charge in [0.15, 0.2) is 16.9 Å². The lowest BCUT2D eigenvalue weighted by atomic mass is 9.77. The molecule has 5 aromatic carbocycles. The summed E-state index contributed by atoms with van der Waals surface area (Å²) in [6, 6.07) is 50.9. The van der Waals surface area contributed by atoms with E-state index in [0.29, 0.717) is 20.7 Å². The van der Waals surface area contributed by atoms with E-state index < -0.39 is 46.5 Å². The zero-order valence-corrected chi connectivity index (χ0v) is 38.0. The zero-order valence-electron chi connectivity index (χ0n) is 35.5. The van der Waals surface area contributed by atoms with Gasteiger partial charge in [-0.15, -0.1) is 23.1 Å². The number of anilines is 1. The van der Waals surface area contributed by atoms with Gasteiger partial charge in [0.1, 0.15) is 41.2 Å². The molecule has 1 fully saturated rings. The summed E-state index contributed by atoms with van der Waals surface area (Å²) in [5.41, 5.74) is 3.08. The van der Waals surface area contributed by atoms with E-state index in [1.807, 2.05) is 115 Å². The molecule has 9 rings (SSSR count). The van der Waals surface area contributed by atoms with Gasteiger partial charge in [0.25, 0.3) is 11.8 Å². The summed E-state index contributed by atoms with van der Waals surface area (Å²) >= 11 is 3.85. The van der Waals surface area contributed by atoms with Gasteiger partial charge in [-0.3, -0.25) is 14.5 Å². The molecule has 0 spiro atoms. The van der Waals surface area contributed by atoms with Crippen LogP contribution >= 0.6 is 34.9 Å². The average Bonchev–Trinajstić information content (AvgIpc) is 3.82. The summed E-state index contributed by atoms with van der Waals surface area (Å²) in [6.07, 6.45) is -0.798. The minimum Gasteiger partial charge on any atom is -0.448 e. The summed E-state index contributed by atoms with van der Waals surface area (Å²) in [4.78, 5) is 68.0. The average molecular weight is 932 g/mol. The minimum atomic E-state index is -1.04. The third-order valence-corrected chi connectivity index (χ3v) is 14.3. The molecule has 0 aliphatic carbocycles. The van der Waals surface area contributed by atoms with Crippen LogP contribution in [0.1, 0.15) is 45.4 Å². The number of rotatable bonds is 15. The molecular weight excluding hydrogens is 891 g/mol. The van der Waals surface area contributed by atoms with Gasteiger partial charge in [0.2, 0.25) is 0 Å². The lowest BCUT2D eigenvalue weighted by Crippen LogP contribution is -2.71. The Morgan fingerprint density at radius 3 is 1.89 bits per heavy atom. The number of fused-ring (bicyclic) bond motifs is 1. The standard InChI is InChI=1S/C51H41N5O7S3/c1-32-28-38(29-41(57)62-32)66-40-31-64-48-43(47(59)56(48)44(40)49(60)63-45(33-18-8-3-9-19-33)34-20-10-4-11-21-34)53-46(58)42(55-61-2)39-30-65-50(52-39)54-51(35-22-12-5-13-23-35,36-24-14-6-15-25-36)37-26-16-7-17-27-37/h3-30,43,45,48H,31H2,1-2H3,(H,52,54)(H,53,58)/b55-42-/t43-,48+/m1/s1. The molecule has 2 aliphatic rings. The molecule has 66 heavy (non-hydrogen) atoms. The number of carbonyl (C=O) groups is 3. The number of hydrogen-bond acceptors (Lipinski definition) is 13. The quantitative estimate of drug-likeness (QED) is 0.0334. The fourth-order valence-electron chi connectivity index (χ4n) is 8.07. The Bertz CT molecular complexity index is 2850. The van der Waals surface area contributed by atoms with Gasteiger partial charge in [-0.1, -0.05) is 169 Å². The number of thioether (sulfide) groups is 2. The van der Waals surface area contributed by atoms with Crippen LogP contribution in [0, 0.1) is 6.92 Å². The second-order valence-corrected chi connectivity index (χ2v) is 18.3. The van der Waals surface area contributed by atoms with Gasteiger partial charge in [0, 0.05) is 27.0 Å². The Hall–Kier alpha value is -7.20. The van der Waals surface area contributed by atoms with Crippen molar-refractivity contribution in [2.75, 3.05) is 18.2 Å². The van der Waals surface area contributed by atoms with Crippen LogP contribution in [-0.2, 0) is 29.5 Å². The van der Waals surface area contributed by atoms with Crippen LogP contribution in [0.15, 0.2) is 199 Å². The van der Waals surface area contributed by atoms with Crippen molar-refractivity contribution in [2.24, 2.45) is 5.16 Å². The Balaban J connectivity index is 1.000. The molecule has 0 radical (unpaired) electrons. The normalized spacial score (nSPS) is 16.0. The molecule has 1 saturated heterocycles. The van der Waals surface area contributed by atoms with Gasteiger partial charge >= 0.3 is 11.6 Å². The van der Waals surface area contributed by atoms with E-state index in [2.05, 4.69) is 52.2 Å². The van der Waals surface area contributed by atoms with Crippen molar-refractivity contribution in [3.05, 3.63) is 229 Å². The highest BCUT2D eigenvalue weighted by atomic mass is 32.2. The number of amides is 2. The summed E-state index contributed by atoms with van der Waals surface area (Å²) in [5.74, 6) is -1.30. The number of benzene rings is 5. The second kappa shape index (κ2) is 19.5. The van der Waals surface area contributed by atoms with Crippen molar-refractivity contribution < 1.29 is 28.4 Å². The summed E-state index contributed by atoms with van der Waals surface area (Å²) in [5, 5.41) is 12.2. The van der Waals surface area contributed by atoms with E-state index >= 15 is 0 Å². The lowest BCUT2D eigenvalue weighted by Gasteiger charge is -2.49. The molecule has 2 N–H and O–H groups in total. The fraction of sp³-hybridized carbons (Fsp3) is 0.137. The number of nitrogens with one attached hydrogen (secondary N) is 2. The van der Waals surface area contributed by atoms with Crippen LogP contribution in [0.2, 0.25) is 0 Å². The molecular formula is C51H41N5O7S3. The number of esters is 1. The monoisotopic (exact) mass is 931 g/mol. The molecule has 0 bridgehead atoms. The first-order valence-corrected chi connectivity index (χ1v) is 23.6. The van der Waals surface area contributed by atoms with Gasteiger partial charge in [-0.25, -0.2) is 14.6 Å². The molecule has 330 valence electrons. The fourth-order valence-corrected chi connectivity index (χ4v) is 11.4. The van der Waals surface area contributed by atoms with Gasteiger partial charge in [-0.05, 0) is 40.8 Å². The van der Waals surface area contributed by atoms with E-state index in [4.69, 9.17) is 19.0 Å². The van der Waals surface area contributed by atoms with Crippen molar-refractivity contribution in [3.8, 4) is 0 Å². The number of carbonyl (C=O) groups excluding carboxylic acids is 3. The summed E-state index contributed by atoms with van der Waals surface area (Å²) in [6.45, 7) is 1.66. The largest absolute Gasteiger partial charge is 0.448 e. The van der Waals surface area contributed by atoms with Gasteiger partial charge in [0.05, 0.1) is 0 Å². The topological polar surface area (TPSA) is 152 Å². The Labute approximate surface area is 392 Å².